The molecule has 4 nitrogen and oxygen atoms in total. The minimum Gasteiger partial charge on any atom is -0.493 e. The van der Waals surface area contributed by atoms with Crippen LogP contribution in [0.3, 0.4) is 0 Å². The zero-order valence-electron chi connectivity index (χ0n) is 15.8. The van der Waals surface area contributed by atoms with E-state index in [2.05, 4.69) is 18.3 Å². The van der Waals surface area contributed by atoms with Crippen molar-refractivity contribution >= 4 is 5.78 Å². The zero-order chi connectivity index (χ0) is 23.1. The van der Waals surface area contributed by atoms with Gasteiger partial charge in [-0.1, -0.05) is 24.8 Å². The molecular weight excluding hydrogens is 485 g/mol. The van der Waals surface area contributed by atoms with Crippen molar-refractivity contribution in [2.45, 2.75) is 20.0 Å². The maximum absolute atomic E-state index is 14.3. The maximum Gasteiger partial charge on any atom is 0.422 e. The van der Waals surface area contributed by atoms with Crippen LogP contribution in [-0.4, -0.2) is 20.7 Å². The number of aromatic nitrogens is 2. The Morgan fingerprint density at radius 2 is 1.58 bits per heavy atom. The summed E-state index contributed by atoms with van der Waals surface area (Å²) in [5.74, 6) is -12.6. The average Bonchev–Trinajstić information content (AvgIpc) is 2.90. The van der Waals surface area contributed by atoms with Gasteiger partial charge in [0.1, 0.15) is 16.8 Å². The second kappa shape index (κ2) is 9.11. The zero-order valence-corrected chi connectivity index (χ0v) is 16.7. The molecule has 1 radical (unpaired) electrons. The summed E-state index contributed by atoms with van der Waals surface area (Å²) in [5, 5.41) is 13.7. The van der Waals surface area contributed by atoms with E-state index in [9.17, 15) is 40.6 Å². The number of ketones is 1. The molecule has 2 rings (SSSR count). The van der Waals surface area contributed by atoms with Gasteiger partial charge < -0.3 is 5.11 Å². The Labute approximate surface area is 181 Å². The summed E-state index contributed by atoms with van der Waals surface area (Å²) in [7, 11) is 0. The Hall–Kier alpha value is -2.85. The second-order valence-electron chi connectivity index (χ2n) is 6.15. The maximum atomic E-state index is 14.3. The Balaban J connectivity index is 0.00000480. The number of nitrogens with zero attached hydrogens (tertiary/aromatic N) is 2. The molecule has 0 aliphatic rings. The Bertz CT molecular complexity index is 1090. The number of Topliss-reactive ketones (excluding diaryl/α,β-unsaturated/α-hetero) is 1. The third-order valence-corrected chi connectivity index (χ3v) is 3.88. The standard InChI is InChI=1S/C19H13F7N2O2.Cu/c1-5-9(6-7(2)3)17(29)10-8(4)27-28(18(10)30)16-14(22)12(20)11(19(24,25)26)13(21)15(16)23;/h5-6,30H,1-2H2,3-4H3;/b9-6+;. The summed E-state index contributed by atoms with van der Waals surface area (Å²) in [5.41, 5.74) is -5.17. The number of aromatic hydroxyl groups is 1. The molecule has 0 saturated heterocycles. The van der Waals surface area contributed by atoms with Crippen molar-refractivity contribution in [1.82, 2.24) is 9.78 Å². The van der Waals surface area contributed by atoms with Crippen molar-refractivity contribution in [3.8, 4) is 11.6 Å². The molecule has 2 aromatic rings. The van der Waals surface area contributed by atoms with Gasteiger partial charge in [-0.05, 0) is 19.9 Å². The minimum atomic E-state index is -5.73. The summed E-state index contributed by atoms with van der Waals surface area (Å²) in [6, 6.07) is 0. The van der Waals surface area contributed by atoms with E-state index in [1.54, 1.807) is 0 Å². The van der Waals surface area contributed by atoms with E-state index in [0.29, 0.717) is 5.57 Å². The molecule has 31 heavy (non-hydrogen) atoms. The number of hydrogen-bond donors (Lipinski definition) is 1. The molecule has 12 heteroatoms. The Kier molecular flexibility index (Phi) is 7.69. The first-order chi connectivity index (χ1) is 13.7. The first-order valence-corrected chi connectivity index (χ1v) is 8.00. The number of alkyl halides is 3. The molecule has 1 aromatic heterocycles. The van der Waals surface area contributed by atoms with Gasteiger partial charge in [0, 0.05) is 22.6 Å². The van der Waals surface area contributed by atoms with Gasteiger partial charge in [-0.2, -0.15) is 23.0 Å². The molecule has 0 fully saturated rings. The van der Waals surface area contributed by atoms with Crippen molar-refractivity contribution in [1.29, 1.82) is 0 Å². The average molecular weight is 498 g/mol. The van der Waals surface area contributed by atoms with Crippen LogP contribution in [0.2, 0.25) is 0 Å². The van der Waals surface area contributed by atoms with Crippen LogP contribution in [0.1, 0.15) is 28.5 Å². The summed E-state index contributed by atoms with van der Waals surface area (Å²) >= 11 is 0. The quantitative estimate of drug-likeness (QED) is 0.152. The van der Waals surface area contributed by atoms with Crippen LogP contribution in [0.4, 0.5) is 30.7 Å². The van der Waals surface area contributed by atoms with Crippen molar-refractivity contribution in [2.24, 2.45) is 0 Å². The third kappa shape index (κ3) is 4.59. The molecule has 0 saturated carbocycles. The molecule has 171 valence electrons. The minimum absolute atomic E-state index is 0. The number of carbonyl (C=O) groups excluding carboxylic acids is 1. The van der Waals surface area contributed by atoms with Gasteiger partial charge in [-0.15, -0.1) is 0 Å². The van der Waals surface area contributed by atoms with Crippen molar-refractivity contribution in [3.63, 3.8) is 0 Å². The predicted octanol–water partition coefficient (Wildman–Crippen LogP) is 5.33. The van der Waals surface area contributed by atoms with Gasteiger partial charge in [0.2, 0.25) is 5.88 Å². The molecule has 0 amide bonds. The number of halogens is 7. The fourth-order valence-electron chi connectivity index (χ4n) is 2.62. The van der Waals surface area contributed by atoms with Gasteiger partial charge in [0.25, 0.3) is 0 Å². The molecular formula is C19H13CuF7N2O2. The van der Waals surface area contributed by atoms with Crippen LogP contribution in [-0.2, 0) is 23.2 Å². The topological polar surface area (TPSA) is 55.1 Å². The van der Waals surface area contributed by atoms with Crippen molar-refractivity contribution in [3.05, 3.63) is 76.5 Å². The van der Waals surface area contributed by atoms with E-state index in [4.69, 9.17) is 0 Å². The number of aryl methyl sites for hydroxylation is 1. The molecule has 1 aromatic carbocycles. The number of benzene rings is 1. The number of hydrogen-bond acceptors (Lipinski definition) is 3. The van der Waals surface area contributed by atoms with E-state index in [-0.39, 0.29) is 33.0 Å². The first kappa shape index (κ1) is 26.2. The summed E-state index contributed by atoms with van der Waals surface area (Å²) in [6.07, 6.45) is -3.38. The van der Waals surface area contributed by atoms with Crippen LogP contribution in [0.15, 0.2) is 36.5 Å². The summed E-state index contributed by atoms with van der Waals surface area (Å²) < 4.78 is 94.4. The number of allylic oxidation sites excluding steroid dienone is 4. The van der Waals surface area contributed by atoms with Crippen LogP contribution < -0.4 is 0 Å². The number of carbonyl (C=O) groups is 1. The van der Waals surface area contributed by atoms with Gasteiger partial charge in [0.05, 0.1) is 5.69 Å². The summed E-state index contributed by atoms with van der Waals surface area (Å²) in [6.45, 7) is 9.61. The van der Waals surface area contributed by atoms with Crippen molar-refractivity contribution in [2.75, 3.05) is 0 Å². The monoisotopic (exact) mass is 497 g/mol. The van der Waals surface area contributed by atoms with Crippen LogP contribution in [0, 0.1) is 30.2 Å². The van der Waals surface area contributed by atoms with E-state index in [1.165, 1.54) is 13.0 Å². The van der Waals surface area contributed by atoms with E-state index >= 15 is 0 Å². The molecule has 0 aliphatic carbocycles. The van der Waals surface area contributed by atoms with Crippen molar-refractivity contribution < 1.29 is 57.7 Å². The van der Waals surface area contributed by atoms with Crippen LogP contribution in [0.25, 0.3) is 5.69 Å². The van der Waals surface area contributed by atoms with E-state index in [1.807, 2.05) is 0 Å². The van der Waals surface area contributed by atoms with E-state index < -0.39 is 57.9 Å². The molecule has 0 unspecified atom stereocenters. The Morgan fingerprint density at radius 1 is 1.10 bits per heavy atom. The fourth-order valence-corrected chi connectivity index (χ4v) is 2.62. The van der Waals surface area contributed by atoms with Gasteiger partial charge in [0.15, 0.2) is 29.1 Å². The number of rotatable bonds is 5. The molecule has 1 heterocycles. The van der Waals surface area contributed by atoms with Gasteiger partial charge in [-0.3, -0.25) is 4.79 Å². The molecule has 0 bridgehead atoms. The Morgan fingerprint density at radius 3 is 1.97 bits per heavy atom. The van der Waals surface area contributed by atoms with Crippen LogP contribution >= 0.6 is 0 Å². The molecule has 0 aliphatic heterocycles. The molecule has 0 atom stereocenters. The third-order valence-electron chi connectivity index (χ3n) is 3.88. The predicted molar refractivity (Wildman–Crippen MR) is 92.2 cm³/mol. The normalized spacial score (nSPS) is 11.8. The van der Waals surface area contributed by atoms with E-state index in [0.717, 1.165) is 13.0 Å². The van der Waals surface area contributed by atoms with Gasteiger partial charge >= 0.3 is 6.18 Å². The second-order valence-corrected chi connectivity index (χ2v) is 6.15. The SMILES string of the molecule is C=C/C(=C\C(=C)C)C(=O)c1c(C)nn(-c2c(F)c(F)c(C(F)(F)F)c(F)c2F)c1O.[Cu]. The fraction of sp³-hybridized carbons (Fsp3) is 0.158. The van der Waals surface area contributed by atoms with Gasteiger partial charge in [-0.25, -0.2) is 17.6 Å². The van der Waals surface area contributed by atoms with Crippen LogP contribution in [0.5, 0.6) is 5.88 Å². The summed E-state index contributed by atoms with van der Waals surface area (Å²) in [4.78, 5) is 12.6. The molecule has 1 N–H and O–H groups in total. The first-order valence-electron chi connectivity index (χ1n) is 8.00. The molecule has 0 spiro atoms. The largest absolute Gasteiger partial charge is 0.493 e. The smallest absolute Gasteiger partial charge is 0.422 e.